The van der Waals surface area contributed by atoms with Crippen LogP contribution in [0.15, 0.2) is 53.4 Å². The number of rotatable bonds is 3. The summed E-state index contributed by atoms with van der Waals surface area (Å²) in [5, 5.41) is 0. The summed E-state index contributed by atoms with van der Waals surface area (Å²) < 4.78 is 5.68. The highest BCUT2D eigenvalue weighted by Crippen LogP contribution is 2.36. The molecule has 3 nitrogen and oxygen atoms in total. The van der Waals surface area contributed by atoms with Crippen molar-refractivity contribution in [3.05, 3.63) is 64.6 Å². The minimum Gasteiger partial charge on any atom is -0.497 e. The van der Waals surface area contributed by atoms with Gasteiger partial charge in [-0.15, -0.1) is 0 Å². The topological polar surface area (TPSA) is 29.5 Å². The van der Waals surface area contributed by atoms with E-state index in [1.165, 1.54) is 17.3 Å². The first kappa shape index (κ1) is 15.8. The Balaban J connectivity index is 1.88. The van der Waals surface area contributed by atoms with Crippen LogP contribution in [0.1, 0.15) is 11.1 Å². The molecule has 0 aliphatic carbocycles. The van der Waals surface area contributed by atoms with Gasteiger partial charge in [-0.2, -0.15) is 0 Å². The Morgan fingerprint density at radius 2 is 1.74 bits per heavy atom. The maximum absolute atomic E-state index is 12.7. The molecule has 1 heterocycles. The number of hydrogen-bond acceptors (Lipinski definition) is 4. The van der Waals surface area contributed by atoms with E-state index < -0.39 is 0 Å². The average Bonchev–Trinajstić information content (AvgIpc) is 2.84. The summed E-state index contributed by atoms with van der Waals surface area (Å²) in [6.07, 6.45) is 1.88. The van der Waals surface area contributed by atoms with E-state index in [2.05, 4.69) is 0 Å². The fraction of sp³-hybridized carbons (Fsp3) is 0.111. The first-order valence-electron chi connectivity index (χ1n) is 7.07. The molecule has 23 heavy (non-hydrogen) atoms. The van der Waals surface area contributed by atoms with Crippen molar-refractivity contribution in [2.45, 2.75) is 6.92 Å². The Kier molecular flexibility index (Phi) is 4.50. The van der Waals surface area contributed by atoms with Gasteiger partial charge in [0.1, 0.15) is 5.75 Å². The van der Waals surface area contributed by atoms with Crippen molar-refractivity contribution in [1.82, 2.24) is 0 Å². The molecule has 0 radical (unpaired) electrons. The van der Waals surface area contributed by atoms with Gasteiger partial charge in [-0.1, -0.05) is 53.8 Å². The molecule has 0 aromatic heterocycles. The molecule has 1 aliphatic heterocycles. The zero-order chi connectivity index (χ0) is 16.4. The van der Waals surface area contributed by atoms with Crippen molar-refractivity contribution in [3.8, 4) is 5.75 Å². The van der Waals surface area contributed by atoms with Crippen LogP contribution in [-0.2, 0) is 4.79 Å². The standard InChI is InChI=1S/C18H15NO2S2/c1-12-3-5-13(6-4-12)11-16-17(20)19(18(22)23-16)14-7-9-15(21-2)10-8-14/h3-11H,1-2H3. The van der Waals surface area contributed by atoms with Crippen LogP contribution in [0, 0.1) is 6.92 Å². The quantitative estimate of drug-likeness (QED) is 0.611. The number of nitrogens with zero attached hydrogens (tertiary/aromatic N) is 1. The highest BCUT2D eigenvalue weighted by atomic mass is 32.2. The number of thiocarbonyl (C=S) groups is 1. The highest BCUT2D eigenvalue weighted by molar-refractivity contribution is 8.27. The summed E-state index contributed by atoms with van der Waals surface area (Å²) in [6, 6.07) is 15.3. The molecule has 0 unspecified atom stereocenters. The molecular formula is C18H15NO2S2. The Morgan fingerprint density at radius 1 is 1.09 bits per heavy atom. The normalized spacial score (nSPS) is 16.3. The van der Waals surface area contributed by atoms with Crippen LogP contribution in [0.3, 0.4) is 0 Å². The predicted octanol–water partition coefficient (Wildman–Crippen LogP) is 4.41. The lowest BCUT2D eigenvalue weighted by molar-refractivity contribution is -0.113. The van der Waals surface area contributed by atoms with Crippen molar-refractivity contribution in [1.29, 1.82) is 0 Å². The van der Waals surface area contributed by atoms with Gasteiger partial charge in [0, 0.05) is 0 Å². The van der Waals surface area contributed by atoms with Crippen LogP contribution in [-0.4, -0.2) is 17.3 Å². The van der Waals surface area contributed by atoms with E-state index in [1.807, 2.05) is 61.5 Å². The van der Waals surface area contributed by atoms with Crippen molar-refractivity contribution in [2.75, 3.05) is 12.0 Å². The molecule has 0 saturated carbocycles. The molecule has 2 aromatic carbocycles. The number of anilines is 1. The Bertz CT molecular complexity index is 780. The van der Waals surface area contributed by atoms with E-state index in [-0.39, 0.29) is 5.91 Å². The number of methoxy groups -OCH3 is 1. The maximum atomic E-state index is 12.7. The van der Waals surface area contributed by atoms with Crippen LogP contribution < -0.4 is 9.64 Å². The molecule has 1 aliphatic rings. The number of amides is 1. The van der Waals surface area contributed by atoms with Gasteiger partial charge in [0.15, 0.2) is 4.32 Å². The highest BCUT2D eigenvalue weighted by Gasteiger charge is 2.33. The molecule has 5 heteroatoms. The fourth-order valence-corrected chi connectivity index (χ4v) is 3.53. The van der Waals surface area contributed by atoms with E-state index >= 15 is 0 Å². The molecule has 0 N–H and O–H groups in total. The minimum absolute atomic E-state index is 0.0919. The fourth-order valence-electron chi connectivity index (χ4n) is 2.24. The predicted molar refractivity (Wildman–Crippen MR) is 99.8 cm³/mol. The molecule has 0 atom stereocenters. The minimum atomic E-state index is -0.0919. The van der Waals surface area contributed by atoms with Crippen LogP contribution in [0.2, 0.25) is 0 Å². The van der Waals surface area contributed by atoms with Crippen LogP contribution in [0.5, 0.6) is 5.75 Å². The summed E-state index contributed by atoms with van der Waals surface area (Å²) in [7, 11) is 1.61. The maximum Gasteiger partial charge on any atom is 0.270 e. The molecule has 0 spiro atoms. The lowest BCUT2D eigenvalue weighted by Gasteiger charge is -2.14. The average molecular weight is 341 g/mol. The van der Waals surface area contributed by atoms with E-state index in [9.17, 15) is 4.79 Å². The third kappa shape index (κ3) is 3.30. The number of ether oxygens (including phenoxy) is 1. The number of carbonyl (C=O) groups excluding carboxylic acids is 1. The summed E-state index contributed by atoms with van der Waals surface area (Å²) in [4.78, 5) is 14.8. The smallest absolute Gasteiger partial charge is 0.270 e. The second-order valence-corrected chi connectivity index (χ2v) is 6.80. The lowest BCUT2D eigenvalue weighted by atomic mass is 10.1. The van der Waals surface area contributed by atoms with Gasteiger partial charge in [-0.3, -0.25) is 9.69 Å². The van der Waals surface area contributed by atoms with E-state index in [1.54, 1.807) is 12.0 Å². The van der Waals surface area contributed by atoms with Gasteiger partial charge in [-0.05, 0) is 42.8 Å². The summed E-state index contributed by atoms with van der Waals surface area (Å²) >= 11 is 6.69. The van der Waals surface area contributed by atoms with Crippen molar-refractivity contribution in [3.63, 3.8) is 0 Å². The molecule has 1 amide bonds. The van der Waals surface area contributed by atoms with Crippen LogP contribution >= 0.6 is 24.0 Å². The zero-order valence-corrected chi connectivity index (χ0v) is 14.4. The zero-order valence-electron chi connectivity index (χ0n) is 12.8. The number of carbonyl (C=O) groups is 1. The number of thioether (sulfide) groups is 1. The third-order valence-corrected chi connectivity index (χ3v) is 4.80. The summed E-state index contributed by atoms with van der Waals surface area (Å²) in [5.74, 6) is 0.653. The Morgan fingerprint density at radius 3 is 2.35 bits per heavy atom. The van der Waals surface area contributed by atoms with Gasteiger partial charge in [0.05, 0.1) is 17.7 Å². The monoisotopic (exact) mass is 341 g/mol. The second-order valence-electron chi connectivity index (χ2n) is 5.13. The van der Waals surface area contributed by atoms with Gasteiger partial charge < -0.3 is 4.74 Å². The van der Waals surface area contributed by atoms with Gasteiger partial charge in [-0.25, -0.2) is 0 Å². The Hall–Kier alpha value is -2.11. The molecule has 2 aromatic rings. The molecular weight excluding hydrogens is 326 g/mol. The number of hydrogen-bond donors (Lipinski definition) is 0. The van der Waals surface area contributed by atoms with Gasteiger partial charge in [0.25, 0.3) is 5.91 Å². The largest absolute Gasteiger partial charge is 0.497 e. The van der Waals surface area contributed by atoms with E-state index in [0.29, 0.717) is 9.23 Å². The van der Waals surface area contributed by atoms with Gasteiger partial charge in [0.2, 0.25) is 0 Å². The summed E-state index contributed by atoms with van der Waals surface area (Å²) in [6.45, 7) is 2.03. The first-order valence-corrected chi connectivity index (χ1v) is 8.29. The molecule has 1 fully saturated rings. The van der Waals surface area contributed by atoms with Crippen molar-refractivity contribution < 1.29 is 9.53 Å². The number of benzene rings is 2. The first-order chi connectivity index (χ1) is 11.1. The van der Waals surface area contributed by atoms with Crippen LogP contribution in [0.4, 0.5) is 5.69 Å². The third-order valence-electron chi connectivity index (χ3n) is 3.50. The SMILES string of the molecule is COc1ccc(N2C(=O)C(=Cc3ccc(C)cc3)SC2=S)cc1. The van der Waals surface area contributed by atoms with Gasteiger partial charge >= 0.3 is 0 Å². The molecule has 116 valence electrons. The summed E-state index contributed by atoms with van der Waals surface area (Å²) in [5.41, 5.74) is 2.93. The molecule has 1 saturated heterocycles. The molecule has 3 rings (SSSR count). The second kappa shape index (κ2) is 6.56. The van der Waals surface area contributed by atoms with E-state index in [4.69, 9.17) is 17.0 Å². The van der Waals surface area contributed by atoms with Crippen molar-refractivity contribution in [2.24, 2.45) is 0 Å². The Labute approximate surface area is 144 Å². The van der Waals surface area contributed by atoms with E-state index in [0.717, 1.165) is 17.0 Å². The lowest BCUT2D eigenvalue weighted by Crippen LogP contribution is -2.27. The number of aryl methyl sites for hydroxylation is 1. The van der Waals surface area contributed by atoms with Crippen molar-refractivity contribution >= 4 is 46.0 Å². The van der Waals surface area contributed by atoms with Crippen LogP contribution in [0.25, 0.3) is 6.08 Å². The molecule has 0 bridgehead atoms.